The van der Waals surface area contributed by atoms with Gasteiger partial charge >= 0.3 is 0 Å². The summed E-state index contributed by atoms with van der Waals surface area (Å²) < 4.78 is 2.02. The minimum Gasteiger partial charge on any atom is -0.321 e. The van der Waals surface area contributed by atoms with Gasteiger partial charge in [0.1, 0.15) is 10.7 Å². The summed E-state index contributed by atoms with van der Waals surface area (Å²) in [5.41, 5.74) is 2.36. The average molecular weight is 506 g/mol. The van der Waals surface area contributed by atoms with E-state index in [0.29, 0.717) is 20.9 Å². The van der Waals surface area contributed by atoms with E-state index in [1.165, 1.54) is 10.6 Å². The number of anilines is 1. The Labute approximate surface area is 209 Å². The summed E-state index contributed by atoms with van der Waals surface area (Å²) in [6.07, 6.45) is 1.75. The molecule has 0 radical (unpaired) electrons. The van der Waals surface area contributed by atoms with E-state index in [-0.39, 0.29) is 20.8 Å². The molecule has 0 saturated heterocycles. The van der Waals surface area contributed by atoms with E-state index in [2.05, 4.69) is 5.32 Å². The van der Waals surface area contributed by atoms with Crippen LogP contribution in [-0.2, 0) is 4.79 Å². The number of benzene rings is 3. The van der Waals surface area contributed by atoms with E-state index in [1.54, 1.807) is 42.5 Å². The highest BCUT2D eigenvalue weighted by Crippen LogP contribution is 2.25. The van der Waals surface area contributed by atoms with Gasteiger partial charge in [-0.1, -0.05) is 71.2 Å². The molecule has 8 heteroatoms. The van der Waals surface area contributed by atoms with Crippen molar-refractivity contribution >= 4 is 57.8 Å². The van der Waals surface area contributed by atoms with Crippen LogP contribution in [-0.4, -0.2) is 10.5 Å². The van der Waals surface area contributed by atoms with Gasteiger partial charge < -0.3 is 5.32 Å². The highest BCUT2D eigenvalue weighted by Gasteiger charge is 2.17. The van der Waals surface area contributed by atoms with Crippen LogP contribution in [0.25, 0.3) is 17.3 Å². The minimum atomic E-state index is -0.659. The average Bonchev–Trinajstić information content (AvgIpc) is 3.14. The maximum Gasteiger partial charge on any atom is 0.273 e. The van der Waals surface area contributed by atoms with Crippen molar-refractivity contribution in [2.75, 3.05) is 5.32 Å². The number of halogens is 2. The number of aromatic nitrogens is 1. The van der Waals surface area contributed by atoms with Crippen molar-refractivity contribution in [2.45, 2.75) is 6.92 Å². The summed E-state index contributed by atoms with van der Waals surface area (Å²) in [5, 5.41) is 13.2. The third kappa shape index (κ3) is 4.97. The SMILES string of the molecule is Cc1ccc(/C=c2/s/c(=C(/C#N)C(=O)Nc3ccc(Cl)c(Cl)c3)n(-c3ccccc3)c2=O)cc1. The number of nitriles is 1. The first-order chi connectivity index (χ1) is 16.4. The Morgan fingerprint density at radius 2 is 1.74 bits per heavy atom. The first-order valence-corrected chi connectivity index (χ1v) is 11.7. The zero-order valence-corrected chi connectivity index (χ0v) is 20.2. The predicted molar refractivity (Wildman–Crippen MR) is 138 cm³/mol. The molecule has 0 unspecified atom stereocenters. The maximum absolute atomic E-state index is 13.4. The Balaban J connectivity index is 1.93. The largest absolute Gasteiger partial charge is 0.321 e. The molecule has 5 nitrogen and oxygen atoms in total. The summed E-state index contributed by atoms with van der Waals surface area (Å²) in [5.74, 6) is -0.659. The quantitative estimate of drug-likeness (QED) is 0.438. The van der Waals surface area contributed by atoms with Crippen LogP contribution in [0.4, 0.5) is 5.69 Å². The number of nitrogens with one attached hydrogen (secondary N) is 1. The number of hydrogen-bond acceptors (Lipinski definition) is 4. The first kappa shape index (κ1) is 23.5. The molecular formula is C26H17Cl2N3O2S. The van der Waals surface area contributed by atoms with Gasteiger partial charge in [-0.3, -0.25) is 14.2 Å². The zero-order chi connectivity index (χ0) is 24.2. The third-order valence-corrected chi connectivity index (χ3v) is 6.77. The second-order valence-electron chi connectivity index (χ2n) is 7.37. The van der Waals surface area contributed by atoms with Crippen molar-refractivity contribution in [1.29, 1.82) is 5.26 Å². The fourth-order valence-electron chi connectivity index (χ4n) is 3.24. The van der Waals surface area contributed by atoms with Crippen LogP contribution in [0.5, 0.6) is 0 Å². The van der Waals surface area contributed by atoms with Crippen LogP contribution in [0.15, 0.2) is 77.6 Å². The van der Waals surface area contributed by atoms with E-state index in [4.69, 9.17) is 23.2 Å². The van der Waals surface area contributed by atoms with Crippen molar-refractivity contribution < 1.29 is 4.79 Å². The lowest BCUT2D eigenvalue weighted by atomic mass is 10.1. The van der Waals surface area contributed by atoms with Gasteiger partial charge in [0, 0.05) is 5.69 Å². The second kappa shape index (κ2) is 10.1. The molecule has 0 aliphatic heterocycles. The summed E-state index contributed by atoms with van der Waals surface area (Å²) in [6, 6.07) is 23.2. The number of thiazole rings is 1. The standard InChI is InChI=1S/C26H17Cl2N3O2S/c1-16-7-9-17(10-8-16)13-23-25(33)31(19-5-3-2-4-6-19)26(34-23)20(15-29)24(32)30-18-11-12-21(27)22(28)14-18/h2-14H,1H3,(H,30,32)/b23-13+,26-20-. The van der Waals surface area contributed by atoms with Crippen LogP contribution >= 0.6 is 34.5 Å². The minimum absolute atomic E-state index is 0.194. The Kier molecular flexibility index (Phi) is 6.99. The van der Waals surface area contributed by atoms with E-state index >= 15 is 0 Å². The van der Waals surface area contributed by atoms with Gasteiger partial charge in [-0.15, -0.1) is 11.3 Å². The van der Waals surface area contributed by atoms with Gasteiger partial charge in [-0.05, 0) is 48.9 Å². The van der Waals surface area contributed by atoms with Gasteiger partial charge in [-0.2, -0.15) is 5.26 Å². The number of aryl methyl sites for hydroxylation is 1. The number of rotatable bonds is 4. The molecule has 0 fully saturated rings. The van der Waals surface area contributed by atoms with Crippen LogP contribution in [0.2, 0.25) is 10.0 Å². The predicted octanol–water partition coefficient (Wildman–Crippen LogP) is 4.66. The Morgan fingerprint density at radius 3 is 2.38 bits per heavy atom. The van der Waals surface area contributed by atoms with E-state index in [9.17, 15) is 14.9 Å². The molecule has 34 heavy (non-hydrogen) atoms. The van der Waals surface area contributed by atoms with Gasteiger partial charge in [0.15, 0.2) is 5.57 Å². The first-order valence-electron chi connectivity index (χ1n) is 10.1. The number of hydrogen-bond donors (Lipinski definition) is 1. The van der Waals surface area contributed by atoms with Crippen LogP contribution in [0.1, 0.15) is 11.1 Å². The molecule has 1 aromatic heterocycles. The van der Waals surface area contributed by atoms with Crippen molar-refractivity contribution in [3.8, 4) is 11.8 Å². The summed E-state index contributed by atoms with van der Waals surface area (Å²) in [7, 11) is 0. The number of nitrogens with zero attached hydrogens (tertiary/aromatic N) is 2. The van der Waals surface area contributed by atoms with Crippen LogP contribution in [0.3, 0.4) is 0 Å². The molecule has 0 saturated carbocycles. The number of amides is 1. The number of carbonyl (C=O) groups excluding carboxylic acids is 1. The maximum atomic E-state index is 13.4. The molecule has 1 amide bonds. The van der Waals surface area contributed by atoms with Gasteiger partial charge in [0.05, 0.1) is 20.3 Å². The van der Waals surface area contributed by atoms with Crippen molar-refractivity contribution in [3.05, 3.63) is 114 Å². The highest BCUT2D eigenvalue weighted by molar-refractivity contribution is 7.07. The fourth-order valence-corrected chi connectivity index (χ4v) is 4.64. The van der Waals surface area contributed by atoms with Gasteiger partial charge in [-0.25, -0.2) is 0 Å². The Bertz CT molecular complexity index is 1600. The molecule has 3 aromatic carbocycles. The fraction of sp³-hybridized carbons (Fsp3) is 0.0385. The van der Waals surface area contributed by atoms with E-state index < -0.39 is 5.91 Å². The van der Waals surface area contributed by atoms with Crippen LogP contribution < -0.4 is 20.1 Å². The molecule has 168 valence electrons. The summed E-state index contributed by atoms with van der Waals surface area (Å²) in [6.45, 7) is 1.98. The summed E-state index contributed by atoms with van der Waals surface area (Å²) in [4.78, 5) is 26.5. The molecule has 0 bridgehead atoms. The van der Waals surface area contributed by atoms with E-state index in [1.807, 2.05) is 43.3 Å². The molecule has 0 spiro atoms. The van der Waals surface area contributed by atoms with Crippen molar-refractivity contribution in [1.82, 2.24) is 4.57 Å². The molecule has 1 heterocycles. The molecule has 4 aromatic rings. The molecule has 0 aliphatic rings. The molecule has 0 aliphatic carbocycles. The molecular weight excluding hydrogens is 489 g/mol. The molecule has 0 atom stereocenters. The van der Waals surface area contributed by atoms with Crippen molar-refractivity contribution in [3.63, 3.8) is 0 Å². The van der Waals surface area contributed by atoms with Crippen molar-refractivity contribution in [2.24, 2.45) is 0 Å². The van der Waals surface area contributed by atoms with Gasteiger partial charge in [0.2, 0.25) is 0 Å². The van der Waals surface area contributed by atoms with E-state index in [0.717, 1.165) is 22.5 Å². The monoisotopic (exact) mass is 505 g/mol. The Morgan fingerprint density at radius 1 is 1.03 bits per heavy atom. The highest BCUT2D eigenvalue weighted by atomic mass is 35.5. The lowest BCUT2D eigenvalue weighted by Gasteiger charge is -2.06. The normalized spacial score (nSPS) is 12.2. The topological polar surface area (TPSA) is 74.9 Å². The number of carbonyl (C=O) groups is 1. The number of para-hydroxylation sites is 1. The van der Waals surface area contributed by atoms with Gasteiger partial charge in [0.25, 0.3) is 11.5 Å². The lowest BCUT2D eigenvalue weighted by Crippen LogP contribution is -2.32. The smallest absolute Gasteiger partial charge is 0.273 e. The van der Waals surface area contributed by atoms with Crippen LogP contribution in [0, 0.1) is 18.3 Å². The lowest BCUT2D eigenvalue weighted by molar-refractivity contribution is -0.111. The summed E-state index contributed by atoms with van der Waals surface area (Å²) >= 11 is 13.1. The Hall–Kier alpha value is -3.63. The second-order valence-corrected chi connectivity index (χ2v) is 9.22. The molecule has 4 rings (SSSR count). The third-order valence-electron chi connectivity index (χ3n) is 4.94. The zero-order valence-electron chi connectivity index (χ0n) is 17.9. The molecule has 1 N–H and O–H groups in total.